The molecule has 194 valence electrons. The van der Waals surface area contributed by atoms with Crippen molar-refractivity contribution in [2.24, 2.45) is 17.6 Å². The number of rotatable bonds is 15. The number of nitrogens with one attached hydrogen (secondary N) is 1. The third-order valence-electron chi connectivity index (χ3n) is 6.81. The second kappa shape index (κ2) is 16.1. The van der Waals surface area contributed by atoms with Crippen LogP contribution in [0.2, 0.25) is 0 Å². The van der Waals surface area contributed by atoms with Crippen LogP contribution >= 0.6 is 0 Å². The number of para-hydroxylation sites is 1. The molecule has 34 heavy (non-hydrogen) atoms. The molecule has 1 aromatic carbocycles. The highest BCUT2D eigenvalue weighted by Gasteiger charge is 2.25. The van der Waals surface area contributed by atoms with Gasteiger partial charge >= 0.3 is 0 Å². The van der Waals surface area contributed by atoms with Crippen LogP contribution in [-0.4, -0.2) is 74.6 Å². The van der Waals surface area contributed by atoms with Crippen LogP contribution in [0.15, 0.2) is 24.3 Å². The number of likely N-dealkylation sites (tertiary alicyclic amines) is 1. The highest BCUT2D eigenvalue weighted by Crippen LogP contribution is 2.21. The third kappa shape index (κ3) is 10.3. The van der Waals surface area contributed by atoms with Gasteiger partial charge in [0.05, 0.1) is 18.3 Å². The van der Waals surface area contributed by atoms with E-state index in [4.69, 9.17) is 15.2 Å². The van der Waals surface area contributed by atoms with Crippen LogP contribution in [0.4, 0.5) is 0 Å². The first-order chi connectivity index (χ1) is 16.4. The number of carbonyl (C=O) groups is 1. The van der Waals surface area contributed by atoms with E-state index >= 15 is 0 Å². The summed E-state index contributed by atoms with van der Waals surface area (Å²) >= 11 is 0. The highest BCUT2D eigenvalue weighted by atomic mass is 16.5. The third-order valence-corrected chi connectivity index (χ3v) is 6.81. The average molecular weight is 478 g/mol. The Kier molecular flexibility index (Phi) is 13.5. The van der Waals surface area contributed by atoms with E-state index in [-0.39, 0.29) is 17.9 Å². The predicted molar refractivity (Wildman–Crippen MR) is 137 cm³/mol. The summed E-state index contributed by atoms with van der Waals surface area (Å²) in [5.41, 5.74) is 6.97. The van der Waals surface area contributed by atoms with Crippen LogP contribution in [0.5, 0.6) is 5.75 Å². The molecule has 0 aromatic heterocycles. The molecule has 0 aliphatic carbocycles. The number of carbonyl (C=O) groups excluding carboxylic acids is 1. The number of aliphatic hydroxyl groups is 1. The van der Waals surface area contributed by atoms with Crippen LogP contribution in [-0.2, 0) is 4.74 Å². The molecule has 0 radical (unpaired) electrons. The van der Waals surface area contributed by atoms with E-state index in [1.54, 1.807) is 13.2 Å². The monoisotopic (exact) mass is 477 g/mol. The van der Waals surface area contributed by atoms with Gasteiger partial charge in [-0.3, -0.25) is 4.79 Å². The lowest BCUT2D eigenvalue weighted by atomic mass is 9.87. The van der Waals surface area contributed by atoms with Gasteiger partial charge in [0.25, 0.3) is 5.91 Å². The Morgan fingerprint density at radius 3 is 2.47 bits per heavy atom. The second-order valence-corrected chi connectivity index (χ2v) is 9.94. The quantitative estimate of drug-likeness (QED) is 0.335. The van der Waals surface area contributed by atoms with Crippen LogP contribution in [0.25, 0.3) is 0 Å². The summed E-state index contributed by atoms with van der Waals surface area (Å²) < 4.78 is 10.9. The fraction of sp³-hybridized carbons (Fsp3) is 0.741. The summed E-state index contributed by atoms with van der Waals surface area (Å²) in [6, 6.07) is 7.04. The predicted octanol–water partition coefficient (Wildman–Crippen LogP) is 3.45. The first-order valence-corrected chi connectivity index (χ1v) is 13.1. The smallest absolute Gasteiger partial charge is 0.255 e. The minimum Gasteiger partial charge on any atom is -0.493 e. The lowest BCUT2D eigenvalue weighted by molar-refractivity contribution is 0.0798. The molecule has 1 aliphatic heterocycles. The van der Waals surface area contributed by atoms with Gasteiger partial charge in [0.1, 0.15) is 5.75 Å². The minimum atomic E-state index is -0.553. The summed E-state index contributed by atoms with van der Waals surface area (Å²) in [6.07, 6.45) is 6.85. The number of nitrogens with zero attached hydrogens (tertiary/aromatic N) is 1. The van der Waals surface area contributed by atoms with Crippen LogP contribution in [0.3, 0.4) is 0 Å². The number of nitrogens with two attached hydrogens (primary N) is 1. The number of aliphatic hydroxyl groups excluding tert-OH is 1. The van der Waals surface area contributed by atoms with Gasteiger partial charge in [0.15, 0.2) is 0 Å². The van der Waals surface area contributed by atoms with E-state index in [9.17, 15) is 9.90 Å². The first-order valence-electron chi connectivity index (χ1n) is 13.1. The van der Waals surface area contributed by atoms with Crippen LogP contribution < -0.4 is 15.8 Å². The van der Waals surface area contributed by atoms with Crippen molar-refractivity contribution >= 4 is 5.91 Å². The molecular weight excluding hydrogens is 430 g/mol. The van der Waals surface area contributed by atoms with Crippen molar-refractivity contribution < 1.29 is 19.4 Å². The zero-order chi connectivity index (χ0) is 24.8. The number of β-amino-alcohol motifs (C(OH)–C–C–N with tert-alkyl or cyclic N) is 1. The van der Waals surface area contributed by atoms with Crippen molar-refractivity contribution in [1.29, 1.82) is 0 Å². The summed E-state index contributed by atoms with van der Waals surface area (Å²) in [4.78, 5) is 15.3. The van der Waals surface area contributed by atoms with Crippen molar-refractivity contribution in [2.45, 2.75) is 70.9 Å². The van der Waals surface area contributed by atoms with Crippen molar-refractivity contribution in [3.05, 3.63) is 29.8 Å². The standard InChI is InChI=1S/C27H47N3O4/c1-21(2)22(18-24(28)25(31)20-30-14-8-4-5-9-15-30)19-29-27(32)23-12-6-7-13-26(23)34-17-11-10-16-33-3/h6-7,12-13,21-22,24-25,31H,4-5,8-11,14-20,28H2,1-3H3,(H,29,32). The Hall–Kier alpha value is -1.67. The molecule has 0 bridgehead atoms. The Morgan fingerprint density at radius 2 is 1.79 bits per heavy atom. The number of hydrogen-bond donors (Lipinski definition) is 3. The maximum absolute atomic E-state index is 12.9. The first kappa shape index (κ1) is 28.6. The lowest BCUT2D eigenvalue weighted by Crippen LogP contribution is -2.46. The van der Waals surface area contributed by atoms with Crippen molar-refractivity contribution in [3.8, 4) is 5.75 Å². The average Bonchev–Trinajstić information content (AvgIpc) is 3.10. The summed E-state index contributed by atoms with van der Waals surface area (Å²) in [5.74, 6) is 0.976. The largest absolute Gasteiger partial charge is 0.493 e. The molecule has 2 rings (SSSR count). The number of amides is 1. The molecule has 0 spiro atoms. The molecule has 7 nitrogen and oxygen atoms in total. The van der Waals surface area contributed by atoms with E-state index in [1.807, 2.05) is 18.2 Å². The number of methoxy groups -OCH3 is 1. The number of hydrogen-bond acceptors (Lipinski definition) is 6. The summed E-state index contributed by atoms with van der Waals surface area (Å²) in [7, 11) is 1.69. The van der Waals surface area contributed by atoms with Gasteiger partial charge in [-0.25, -0.2) is 0 Å². The van der Waals surface area contributed by atoms with Crippen molar-refractivity contribution in [2.75, 3.05) is 46.5 Å². The van der Waals surface area contributed by atoms with E-state index in [1.165, 1.54) is 25.7 Å². The molecule has 1 aromatic rings. The SMILES string of the molecule is COCCCCOc1ccccc1C(=O)NCC(CC(N)C(O)CN1CCCCCC1)C(C)C. The molecule has 1 saturated heterocycles. The van der Waals surface area contributed by atoms with E-state index in [2.05, 4.69) is 24.1 Å². The van der Waals surface area contributed by atoms with E-state index in [0.29, 0.717) is 50.0 Å². The second-order valence-electron chi connectivity index (χ2n) is 9.94. The van der Waals surface area contributed by atoms with E-state index < -0.39 is 6.10 Å². The molecule has 1 fully saturated rings. The van der Waals surface area contributed by atoms with Gasteiger partial charge in [0.2, 0.25) is 0 Å². The zero-order valence-corrected chi connectivity index (χ0v) is 21.5. The minimum absolute atomic E-state index is 0.142. The molecule has 3 unspecified atom stereocenters. The van der Waals surface area contributed by atoms with Gasteiger partial charge in [-0.15, -0.1) is 0 Å². The van der Waals surface area contributed by atoms with E-state index in [0.717, 1.165) is 25.9 Å². The fourth-order valence-electron chi connectivity index (χ4n) is 4.45. The number of benzene rings is 1. The molecule has 3 atom stereocenters. The Bertz CT molecular complexity index is 692. The number of ether oxygens (including phenoxy) is 2. The van der Waals surface area contributed by atoms with Gasteiger partial charge < -0.3 is 30.5 Å². The lowest BCUT2D eigenvalue weighted by Gasteiger charge is -2.30. The maximum Gasteiger partial charge on any atom is 0.255 e. The maximum atomic E-state index is 12.9. The van der Waals surface area contributed by atoms with Gasteiger partial charge in [-0.2, -0.15) is 0 Å². The molecule has 7 heteroatoms. The van der Waals surface area contributed by atoms with Crippen LogP contribution in [0.1, 0.15) is 69.2 Å². The Balaban J connectivity index is 1.85. The fourth-order valence-corrected chi connectivity index (χ4v) is 4.45. The van der Waals surface area contributed by atoms with Gasteiger partial charge in [-0.05, 0) is 69.2 Å². The molecule has 4 N–H and O–H groups in total. The molecule has 0 saturated carbocycles. The Labute approximate surface area is 206 Å². The Morgan fingerprint density at radius 1 is 1.12 bits per heavy atom. The molecular formula is C27H47N3O4. The summed E-state index contributed by atoms with van der Waals surface area (Å²) in [6.45, 7) is 8.77. The van der Waals surface area contributed by atoms with Crippen molar-refractivity contribution in [3.63, 3.8) is 0 Å². The highest BCUT2D eigenvalue weighted by molar-refractivity contribution is 5.96. The van der Waals surface area contributed by atoms with Crippen molar-refractivity contribution in [1.82, 2.24) is 10.2 Å². The molecule has 1 heterocycles. The molecule has 1 aliphatic rings. The number of unbranched alkanes of at least 4 members (excludes halogenated alkanes) is 1. The summed E-state index contributed by atoms with van der Waals surface area (Å²) in [5, 5.41) is 13.8. The normalized spacial score (nSPS) is 17.7. The van der Waals surface area contributed by atoms with Crippen LogP contribution in [0, 0.1) is 11.8 Å². The topological polar surface area (TPSA) is 97.0 Å². The van der Waals surface area contributed by atoms with Gasteiger partial charge in [0, 0.05) is 32.8 Å². The zero-order valence-electron chi connectivity index (χ0n) is 21.5. The molecule has 1 amide bonds. The van der Waals surface area contributed by atoms with Gasteiger partial charge in [-0.1, -0.05) is 38.8 Å².